The Hall–Kier alpha value is -1.09. The van der Waals surface area contributed by atoms with Gasteiger partial charge in [0.15, 0.2) is 0 Å². The molecule has 0 amide bonds. The first-order valence-electron chi connectivity index (χ1n) is 7.92. The fourth-order valence-corrected chi connectivity index (χ4v) is 5.71. The van der Waals surface area contributed by atoms with Crippen LogP contribution in [0.4, 0.5) is 8.78 Å². The van der Waals surface area contributed by atoms with Crippen LogP contribution in [-0.2, 0) is 24.4 Å². The van der Waals surface area contributed by atoms with E-state index in [1.807, 2.05) is 0 Å². The molecule has 4 aliphatic rings. The van der Waals surface area contributed by atoms with Crippen LogP contribution < -0.4 is 0 Å². The van der Waals surface area contributed by atoms with Crippen LogP contribution >= 0.6 is 0 Å². The number of hydrogen-bond donors (Lipinski definition) is 1. The fourth-order valence-electron chi connectivity index (χ4n) is 5.44. The number of esters is 1. The number of Topliss-reactive ketones (excluding diaryl/α,β-unsaturated/α-hetero) is 1. The van der Waals surface area contributed by atoms with Gasteiger partial charge in [-0.15, -0.1) is 0 Å². The molecule has 0 heterocycles. The summed E-state index contributed by atoms with van der Waals surface area (Å²) in [5.41, 5.74) is -1.03. The number of halogens is 2. The van der Waals surface area contributed by atoms with Crippen molar-refractivity contribution in [2.24, 2.45) is 22.7 Å². The third-order valence-electron chi connectivity index (χ3n) is 6.00. The largest absolute Gasteiger partial charge is 0.465 e. The van der Waals surface area contributed by atoms with Crippen molar-refractivity contribution in [1.82, 2.24) is 0 Å². The Bertz CT molecular complexity index is 672. The van der Waals surface area contributed by atoms with Crippen molar-refractivity contribution in [1.29, 1.82) is 0 Å². The Labute approximate surface area is 138 Å². The molecule has 0 aromatic carbocycles. The van der Waals surface area contributed by atoms with Gasteiger partial charge in [0.25, 0.3) is 0 Å². The lowest BCUT2D eigenvalue weighted by Gasteiger charge is -2.61. The maximum Gasteiger partial charge on any atom is 0.465 e. The maximum atomic E-state index is 13.3. The molecule has 136 valence electrons. The smallest absolute Gasteiger partial charge is 0.460 e. The third kappa shape index (κ3) is 2.65. The standard InChI is InChI=1S/C15H20F2O6S/c1-9(18)14-5-10-2-11(6-14)4-13(3-10,7-14)8-23-12(19)15(16,17)24(20,21)22/h10-11H,2-8H2,1H3,(H,20,21,22). The molecule has 0 aliphatic heterocycles. The minimum absolute atomic E-state index is 0.0792. The van der Waals surface area contributed by atoms with Crippen molar-refractivity contribution in [2.75, 3.05) is 6.61 Å². The fraction of sp³-hybridized carbons (Fsp3) is 0.867. The average molecular weight is 366 g/mol. The first-order chi connectivity index (χ1) is 10.9. The molecule has 4 aliphatic carbocycles. The summed E-state index contributed by atoms with van der Waals surface area (Å²) < 4.78 is 60.9. The molecule has 0 aromatic rings. The van der Waals surface area contributed by atoms with E-state index in [0.29, 0.717) is 31.1 Å². The zero-order valence-corrected chi connectivity index (χ0v) is 14.1. The molecule has 1 N–H and O–H groups in total. The summed E-state index contributed by atoms with van der Waals surface area (Å²) in [6.07, 6.45) is 4.41. The highest BCUT2D eigenvalue weighted by molar-refractivity contribution is 7.87. The molecule has 0 radical (unpaired) electrons. The van der Waals surface area contributed by atoms with E-state index in [9.17, 15) is 26.8 Å². The predicted molar refractivity (Wildman–Crippen MR) is 77.7 cm³/mol. The first kappa shape index (κ1) is 17.7. The van der Waals surface area contributed by atoms with Gasteiger partial charge in [-0.05, 0) is 57.3 Å². The minimum atomic E-state index is -5.87. The molecule has 0 spiro atoms. The highest BCUT2D eigenvalue weighted by Gasteiger charge is 2.61. The molecule has 6 nitrogen and oxygen atoms in total. The zero-order valence-electron chi connectivity index (χ0n) is 13.3. The van der Waals surface area contributed by atoms with Crippen molar-refractivity contribution in [3.63, 3.8) is 0 Å². The Morgan fingerprint density at radius 2 is 1.75 bits per heavy atom. The minimum Gasteiger partial charge on any atom is -0.460 e. The molecule has 0 saturated heterocycles. The summed E-state index contributed by atoms with van der Waals surface area (Å²) in [6.45, 7) is 1.19. The lowest BCUT2D eigenvalue weighted by atomic mass is 9.43. The van der Waals surface area contributed by atoms with Crippen LogP contribution in [0.15, 0.2) is 0 Å². The topological polar surface area (TPSA) is 97.7 Å². The highest BCUT2D eigenvalue weighted by atomic mass is 32.2. The second-order valence-electron chi connectivity index (χ2n) is 7.87. The van der Waals surface area contributed by atoms with Crippen molar-refractivity contribution < 1.29 is 36.1 Å². The van der Waals surface area contributed by atoms with Gasteiger partial charge in [0, 0.05) is 10.8 Å². The lowest BCUT2D eigenvalue weighted by molar-refractivity contribution is -0.180. The van der Waals surface area contributed by atoms with Gasteiger partial charge in [-0.2, -0.15) is 17.2 Å². The summed E-state index contributed by atoms with van der Waals surface area (Å²) in [4.78, 5) is 23.6. The quantitative estimate of drug-likeness (QED) is 0.592. The Balaban J connectivity index is 1.76. The van der Waals surface area contributed by atoms with E-state index in [-0.39, 0.29) is 12.4 Å². The van der Waals surface area contributed by atoms with Crippen molar-refractivity contribution in [2.45, 2.75) is 50.7 Å². The Morgan fingerprint density at radius 3 is 2.21 bits per heavy atom. The molecule has 4 rings (SSSR count). The number of carbonyl (C=O) groups is 2. The second kappa shape index (κ2) is 5.20. The van der Waals surface area contributed by atoms with E-state index in [1.54, 1.807) is 6.92 Å². The molecule has 2 atom stereocenters. The molecule has 4 fully saturated rings. The van der Waals surface area contributed by atoms with Crippen molar-refractivity contribution in [3.05, 3.63) is 0 Å². The van der Waals surface area contributed by atoms with E-state index >= 15 is 0 Å². The number of ketones is 1. The van der Waals surface area contributed by atoms with Gasteiger partial charge in [0.1, 0.15) is 5.78 Å². The number of ether oxygens (including phenoxy) is 1. The van der Waals surface area contributed by atoms with E-state index in [1.165, 1.54) is 0 Å². The molecule has 2 unspecified atom stereocenters. The van der Waals surface area contributed by atoms with Crippen molar-refractivity contribution in [3.8, 4) is 0 Å². The van der Waals surface area contributed by atoms with Gasteiger partial charge in [-0.25, -0.2) is 4.79 Å². The van der Waals surface area contributed by atoms with Crippen LogP contribution in [-0.4, -0.2) is 36.6 Å². The van der Waals surface area contributed by atoms with Gasteiger partial charge >= 0.3 is 21.3 Å². The van der Waals surface area contributed by atoms with E-state index in [4.69, 9.17) is 4.55 Å². The van der Waals surface area contributed by atoms with Gasteiger partial charge < -0.3 is 4.74 Å². The summed E-state index contributed by atoms with van der Waals surface area (Å²) in [5.74, 6) is -1.58. The molecule has 4 bridgehead atoms. The number of rotatable bonds is 5. The average Bonchev–Trinajstić information content (AvgIpc) is 2.42. The highest BCUT2D eigenvalue weighted by Crippen LogP contribution is 2.65. The number of alkyl halides is 2. The van der Waals surface area contributed by atoms with Crippen LogP contribution in [0.2, 0.25) is 0 Å². The second-order valence-corrected chi connectivity index (χ2v) is 9.33. The SMILES string of the molecule is CC(=O)C12CC3CC(CC(COC(=O)C(F)(F)S(=O)(=O)O)(C3)C1)C2. The van der Waals surface area contributed by atoms with Gasteiger partial charge in [-0.1, -0.05) is 0 Å². The van der Waals surface area contributed by atoms with Gasteiger partial charge in [0.05, 0.1) is 6.61 Å². The third-order valence-corrected chi connectivity index (χ3v) is 6.81. The molecular weight excluding hydrogens is 346 g/mol. The summed E-state index contributed by atoms with van der Waals surface area (Å²) >= 11 is 0. The van der Waals surface area contributed by atoms with Crippen LogP contribution in [0.25, 0.3) is 0 Å². The predicted octanol–water partition coefficient (Wildman–Crippen LogP) is 2.19. The monoisotopic (exact) mass is 366 g/mol. The summed E-state index contributed by atoms with van der Waals surface area (Å²) in [5, 5.41) is -4.98. The summed E-state index contributed by atoms with van der Waals surface area (Å²) in [6, 6.07) is 0. The molecule has 9 heteroatoms. The Kier molecular flexibility index (Phi) is 3.84. The molecule has 4 saturated carbocycles. The normalized spacial score (nSPS) is 38.2. The lowest BCUT2D eigenvalue weighted by Crippen LogP contribution is -2.56. The van der Waals surface area contributed by atoms with E-state index in [0.717, 1.165) is 19.3 Å². The number of hydrogen-bond acceptors (Lipinski definition) is 5. The number of carbonyl (C=O) groups excluding carboxylic acids is 2. The van der Waals surface area contributed by atoms with Gasteiger partial charge in [-0.3, -0.25) is 9.35 Å². The van der Waals surface area contributed by atoms with E-state index < -0.39 is 32.2 Å². The molecule has 24 heavy (non-hydrogen) atoms. The molecule has 0 aromatic heterocycles. The Morgan fingerprint density at radius 1 is 1.21 bits per heavy atom. The van der Waals surface area contributed by atoms with Crippen LogP contribution in [0, 0.1) is 22.7 Å². The van der Waals surface area contributed by atoms with Crippen LogP contribution in [0.3, 0.4) is 0 Å². The summed E-state index contributed by atoms with van der Waals surface area (Å²) in [7, 11) is -5.87. The molecular formula is C15H20F2O6S. The zero-order chi connectivity index (χ0) is 18.0. The first-order valence-corrected chi connectivity index (χ1v) is 9.36. The van der Waals surface area contributed by atoms with E-state index in [2.05, 4.69) is 4.74 Å². The maximum absolute atomic E-state index is 13.3. The van der Waals surface area contributed by atoms with Crippen LogP contribution in [0.1, 0.15) is 45.4 Å². The van der Waals surface area contributed by atoms with Crippen LogP contribution in [0.5, 0.6) is 0 Å². The van der Waals surface area contributed by atoms with Crippen molar-refractivity contribution >= 4 is 21.9 Å². The van der Waals surface area contributed by atoms with Gasteiger partial charge in [0.2, 0.25) is 0 Å².